The lowest BCUT2D eigenvalue weighted by Crippen LogP contribution is -2.63. The van der Waals surface area contributed by atoms with Crippen LogP contribution >= 0.6 is 0 Å². The van der Waals surface area contributed by atoms with E-state index in [9.17, 15) is 57.8 Å². The van der Waals surface area contributed by atoms with E-state index in [4.69, 9.17) is 0 Å². The maximum absolute atomic E-state index is 14.9. The van der Waals surface area contributed by atoms with E-state index in [-0.39, 0.29) is 50.0 Å². The number of hydrogen-bond donors (Lipinski definition) is 5. The second-order valence-corrected chi connectivity index (χ2v) is 24.0. The molecule has 2 saturated heterocycles. The number of nitrogens with one attached hydrogen (secondary N) is 4. The highest BCUT2D eigenvalue weighted by molar-refractivity contribution is 5.99. The van der Waals surface area contributed by atoms with Crippen LogP contribution in [0.5, 0.6) is 0 Å². The van der Waals surface area contributed by atoms with Gasteiger partial charge in [-0.15, -0.1) is 0 Å². The highest BCUT2D eigenvalue weighted by Gasteiger charge is 2.47. The summed E-state index contributed by atoms with van der Waals surface area (Å²) in [5, 5.41) is 22.9. The Bertz CT molecular complexity index is 2240. The molecule has 2 aliphatic rings. The molecule has 11 amide bonds. The molecule has 2 rings (SSSR count). The quantitative estimate of drug-likeness (QED) is 0.173. The molecule has 0 aromatic carbocycles. The van der Waals surface area contributed by atoms with Gasteiger partial charge in [0, 0.05) is 54.7 Å². The molecule has 0 aromatic heterocycles. The summed E-state index contributed by atoms with van der Waals surface area (Å²) in [6.45, 7) is 23.4. The molecule has 0 radical (unpaired) electrons. The van der Waals surface area contributed by atoms with Crippen LogP contribution in [0.3, 0.4) is 0 Å². The summed E-state index contributed by atoms with van der Waals surface area (Å²) in [6.07, 6.45) is 2.97. The molecule has 23 heteroatoms. The highest BCUT2D eigenvalue weighted by atomic mass is 16.3. The molecule has 12 atom stereocenters. The van der Waals surface area contributed by atoms with E-state index in [0.717, 1.165) is 14.7 Å². The highest BCUT2D eigenvalue weighted by Crippen LogP contribution is 2.27. The molecule has 2 aliphatic heterocycles. The van der Waals surface area contributed by atoms with Crippen molar-refractivity contribution in [2.24, 2.45) is 35.5 Å². The van der Waals surface area contributed by atoms with Gasteiger partial charge in [-0.2, -0.15) is 0 Å². The maximum atomic E-state index is 14.9. The average Bonchev–Trinajstić information content (AvgIpc) is 3.65. The normalized spacial score (nSPS) is 28.2. The third-order valence-corrected chi connectivity index (χ3v) is 15.3. The standard InChI is InChI=1S/C57H99N11O12/c1-21-23-24-35(11)48(71)47-52(75)60-39(22-2)54(77)63(16)30-43(69)64(17)40(25-31(3)4)50(73)61-45-36(12)28-68(56(45)79)41(26-32(5)6)51(74)58-37(13)49(72)59-38(14)53(76)62(15)29-44(70)65(18)42(27-33(7)8)55(78)66(19)46(34(9)10)57(80)67(47)20/h21,23,31-42,45-48,71H,22,24-30H2,1-20H3,(H,58,74)(H,59,72)(H,60,75)(H,61,73)/b23-21-. The average molecular weight is 1130 g/mol. The van der Waals surface area contributed by atoms with Crippen LogP contribution in [-0.4, -0.2) is 227 Å². The van der Waals surface area contributed by atoms with Crippen molar-refractivity contribution in [3.8, 4) is 0 Å². The predicted octanol–water partition coefficient (Wildman–Crippen LogP) is 1.22. The number of allylic oxidation sites excluding steroid dienone is 2. The van der Waals surface area contributed by atoms with Crippen molar-refractivity contribution >= 4 is 65.0 Å². The Labute approximate surface area is 476 Å². The van der Waals surface area contributed by atoms with E-state index >= 15 is 0 Å². The van der Waals surface area contributed by atoms with E-state index in [1.54, 1.807) is 53.7 Å². The summed E-state index contributed by atoms with van der Waals surface area (Å²) in [6, 6.07) is -10.9. The Balaban J connectivity index is 2.83. The third-order valence-electron chi connectivity index (χ3n) is 15.3. The first-order chi connectivity index (χ1) is 37.0. The van der Waals surface area contributed by atoms with Crippen molar-refractivity contribution in [1.29, 1.82) is 0 Å². The number of nitrogens with zero attached hydrogens (tertiary/aromatic N) is 7. The van der Waals surface area contributed by atoms with E-state index in [2.05, 4.69) is 21.3 Å². The van der Waals surface area contributed by atoms with Crippen molar-refractivity contribution in [1.82, 2.24) is 55.6 Å². The topological polar surface area (TPSA) is 279 Å². The maximum Gasteiger partial charge on any atom is 0.246 e. The van der Waals surface area contributed by atoms with Gasteiger partial charge < -0.3 is 60.7 Å². The Kier molecular flexibility index (Phi) is 27.3. The minimum Gasteiger partial charge on any atom is -0.390 e. The zero-order valence-electron chi connectivity index (χ0n) is 51.6. The van der Waals surface area contributed by atoms with Crippen molar-refractivity contribution < 1.29 is 57.8 Å². The minimum atomic E-state index is -1.60. The molecule has 80 heavy (non-hydrogen) atoms. The summed E-state index contributed by atoms with van der Waals surface area (Å²) in [5.74, 6) is -9.34. The lowest BCUT2D eigenvalue weighted by Gasteiger charge is -2.41. The first-order valence-corrected chi connectivity index (χ1v) is 28.4. The molecule has 0 aromatic rings. The number of carbonyl (C=O) groups is 11. The number of aliphatic hydroxyl groups is 1. The zero-order chi connectivity index (χ0) is 61.5. The second kappa shape index (κ2) is 31.2. The first-order valence-electron chi connectivity index (χ1n) is 28.4. The second-order valence-electron chi connectivity index (χ2n) is 24.0. The molecule has 454 valence electrons. The van der Waals surface area contributed by atoms with Crippen LogP contribution in [0.15, 0.2) is 12.2 Å². The van der Waals surface area contributed by atoms with Crippen LogP contribution in [-0.2, 0) is 52.7 Å². The van der Waals surface area contributed by atoms with Crippen LogP contribution in [0, 0.1) is 35.5 Å². The lowest BCUT2D eigenvalue weighted by molar-refractivity contribution is -0.156. The van der Waals surface area contributed by atoms with Crippen LogP contribution in [0.1, 0.15) is 129 Å². The van der Waals surface area contributed by atoms with Crippen LogP contribution in [0.4, 0.5) is 0 Å². The van der Waals surface area contributed by atoms with Gasteiger partial charge in [0.05, 0.1) is 19.2 Å². The molecule has 0 aliphatic carbocycles. The molecule has 23 nitrogen and oxygen atoms in total. The van der Waals surface area contributed by atoms with Crippen LogP contribution in [0.2, 0.25) is 0 Å². The third kappa shape index (κ3) is 18.5. The predicted molar refractivity (Wildman–Crippen MR) is 303 cm³/mol. The largest absolute Gasteiger partial charge is 0.390 e. The monoisotopic (exact) mass is 1130 g/mol. The summed E-state index contributed by atoms with van der Waals surface area (Å²) in [5.41, 5.74) is 0. The van der Waals surface area contributed by atoms with Crippen LogP contribution < -0.4 is 21.3 Å². The van der Waals surface area contributed by atoms with Gasteiger partial charge in [0.1, 0.15) is 54.4 Å². The summed E-state index contributed by atoms with van der Waals surface area (Å²) >= 11 is 0. The number of rotatable bonds is 12. The molecule has 2 bridgehead atoms. The Hall–Kier alpha value is -6.13. The van der Waals surface area contributed by atoms with Gasteiger partial charge in [-0.1, -0.05) is 88.3 Å². The zero-order valence-corrected chi connectivity index (χ0v) is 51.6. The van der Waals surface area contributed by atoms with E-state index < -0.39 is 156 Å². The number of hydrogen-bond acceptors (Lipinski definition) is 12. The fraction of sp³-hybridized carbons (Fsp3) is 0.772. The van der Waals surface area contributed by atoms with Gasteiger partial charge in [-0.05, 0) is 82.5 Å². The molecule has 0 saturated carbocycles. The molecule has 12 unspecified atom stereocenters. The molecular formula is C57H99N11O12. The molecule has 5 N–H and O–H groups in total. The van der Waals surface area contributed by atoms with E-state index in [0.29, 0.717) is 6.42 Å². The van der Waals surface area contributed by atoms with Gasteiger partial charge in [0.25, 0.3) is 0 Å². The smallest absolute Gasteiger partial charge is 0.246 e. The Morgan fingerprint density at radius 3 is 1.49 bits per heavy atom. The number of amides is 11. The number of aliphatic hydroxyl groups excluding tert-OH is 1. The van der Waals surface area contributed by atoms with Crippen LogP contribution in [0.25, 0.3) is 0 Å². The minimum absolute atomic E-state index is 0.0303. The fourth-order valence-corrected chi connectivity index (χ4v) is 10.3. The van der Waals surface area contributed by atoms with E-state index in [1.807, 2.05) is 41.5 Å². The SMILES string of the molecule is C/C=C\CC(C)C(O)C1C(=O)NC(CC)C(=O)N(C)CC(=O)N(C)C(CC(C)C)C(=O)NC2C(=O)N(CC2C)C(CC(C)C)C(=O)NC(C)C(=O)NC(C)C(=O)N(C)CC(=O)N(C)C(CC(C)C)C(=O)N(C)C(C(C)C)C(=O)N1C. The van der Waals surface area contributed by atoms with E-state index in [1.165, 1.54) is 75.7 Å². The Morgan fingerprint density at radius 2 is 0.988 bits per heavy atom. The fourth-order valence-electron chi connectivity index (χ4n) is 10.3. The first kappa shape index (κ1) is 70.0. The lowest BCUT2D eigenvalue weighted by atomic mass is 9.91. The molecule has 2 heterocycles. The molecule has 2 fully saturated rings. The van der Waals surface area contributed by atoms with Crippen molar-refractivity contribution in [2.45, 2.75) is 190 Å². The van der Waals surface area contributed by atoms with Gasteiger partial charge in [0.15, 0.2) is 0 Å². The van der Waals surface area contributed by atoms with Gasteiger partial charge >= 0.3 is 0 Å². The summed E-state index contributed by atoms with van der Waals surface area (Å²) < 4.78 is 0. The Morgan fingerprint density at radius 1 is 0.525 bits per heavy atom. The van der Waals surface area contributed by atoms with Gasteiger partial charge in [-0.25, -0.2) is 0 Å². The van der Waals surface area contributed by atoms with Gasteiger partial charge in [-0.3, -0.25) is 52.7 Å². The summed E-state index contributed by atoms with van der Waals surface area (Å²) in [7, 11) is 8.34. The van der Waals surface area contributed by atoms with Crippen molar-refractivity contribution in [2.75, 3.05) is 61.9 Å². The number of likely N-dealkylation sites (N-methyl/N-ethyl adjacent to an activating group) is 6. The molecule has 0 spiro atoms. The van der Waals surface area contributed by atoms with Gasteiger partial charge in [0.2, 0.25) is 65.0 Å². The molecular weight excluding hydrogens is 1030 g/mol. The summed E-state index contributed by atoms with van der Waals surface area (Å²) in [4.78, 5) is 165. The van der Waals surface area contributed by atoms with Crippen molar-refractivity contribution in [3.63, 3.8) is 0 Å². The van der Waals surface area contributed by atoms with Crippen molar-refractivity contribution in [3.05, 3.63) is 12.2 Å². The number of carbonyl (C=O) groups excluding carboxylic acids is 11. The number of fused-ring (bicyclic) bond motifs is 2.